The number of aliphatic hydroxyl groups excluding tert-OH is 3. The first kappa shape index (κ1) is 19.3. The molecule has 1 saturated heterocycles. The fourth-order valence-corrected chi connectivity index (χ4v) is 2.21. The quantitative estimate of drug-likeness (QED) is 0.325. The van der Waals surface area contributed by atoms with Crippen LogP contribution in [0.15, 0.2) is 0 Å². The van der Waals surface area contributed by atoms with Crippen molar-refractivity contribution in [1.29, 1.82) is 0 Å². The molecule has 8 nitrogen and oxygen atoms in total. The Bertz CT molecular complexity index is 330. The monoisotopic (exact) mass is 320 g/mol. The van der Waals surface area contributed by atoms with Gasteiger partial charge in [0, 0.05) is 26.1 Å². The summed E-state index contributed by atoms with van der Waals surface area (Å²) in [5, 5.41) is 31.7. The number of unbranched alkanes of at least 4 members (excludes halogenated alkanes) is 2. The zero-order chi connectivity index (χ0) is 16.5. The molecule has 1 aliphatic heterocycles. The molecule has 0 bridgehead atoms. The lowest BCUT2D eigenvalue weighted by Crippen LogP contribution is -2.57. The highest BCUT2D eigenvalue weighted by molar-refractivity contribution is 5.75. The van der Waals surface area contributed by atoms with Crippen LogP contribution >= 0.6 is 0 Å². The molecule has 0 aromatic carbocycles. The smallest absolute Gasteiger partial charge is 0.220 e. The van der Waals surface area contributed by atoms with Crippen molar-refractivity contribution in [1.82, 2.24) is 5.32 Å². The van der Waals surface area contributed by atoms with E-state index in [1.165, 1.54) is 0 Å². The topological polar surface area (TPSA) is 134 Å². The Morgan fingerprint density at radius 3 is 2.59 bits per heavy atom. The minimum absolute atomic E-state index is 0.0108. The molecule has 1 aliphatic rings. The Balaban J connectivity index is 2.10. The number of amides is 1. The molecule has 8 heteroatoms. The van der Waals surface area contributed by atoms with Gasteiger partial charge in [-0.3, -0.25) is 4.79 Å². The first-order valence-corrected chi connectivity index (χ1v) is 7.75. The third-order valence-electron chi connectivity index (χ3n) is 3.61. The minimum Gasteiger partial charge on any atom is -0.388 e. The van der Waals surface area contributed by atoms with Crippen LogP contribution < -0.4 is 11.1 Å². The maximum atomic E-state index is 11.3. The number of ether oxygens (including phenoxy) is 2. The van der Waals surface area contributed by atoms with Gasteiger partial charge in [0.25, 0.3) is 0 Å². The lowest BCUT2D eigenvalue weighted by molar-refractivity contribution is -0.293. The Morgan fingerprint density at radius 1 is 1.18 bits per heavy atom. The van der Waals surface area contributed by atoms with Crippen LogP contribution in [0, 0.1) is 0 Å². The summed E-state index contributed by atoms with van der Waals surface area (Å²) < 4.78 is 10.7. The molecule has 22 heavy (non-hydrogen) atoms. The summed E-state index contributed by atoms with van der Waals surface area (Å²) in [6.07, 6.45) is -2.51. The fourth-order valence-electron chi connectivity index (χ4n) is 2.21. The zero-order valence-electron chi connectivity index (χ0n) is 13.0. The third-order valence-corrected chi connectivity index (χ3v) is 3.61. The van der Waals surface area contributed by atoms with Gasteiger partial charge in [-0.2, -0.15) is 0 Å². The summed E-state index contributed by atoms with van der Waals surface area (Å²) >= 11 is 0. The lowest BCUT2D eigenvalue weighted by Gasteiger charge is -2.38. The van der Waals surface area contributed by atoms with E-state index < -0.39 is 30.7 Å². The van der Waals surface area contributed by atoms with E-state index in [4.69, 9.17) is 15.2 Å². The molecule has 0 radical (unpaired) electrons. The van der Waals surface area contributed by atoms with Crippen LogP contribution in [0.2, 0.25) is 0 Å². The van der Waals surface area contributed by atoms with Crippen LogP contribution in [0.3, 0.4) is 0 Å². The summed E-state index contributed by atoms with van der Waals surface area (Å²) in [7, 11) is 0. The molecule has 0 spiro atoms. The third kappa shape index (κ3) is 6.15. The normalized spacial score (nSPS) is 32.0. The number of hydrogen-bond acceptors (Lipinski definition) is 7. The Kier molecular flexibility index (Phi) is 8.84. The SMILES string of the molecule is CC1O[C@@H](OCCCCCC(=O)NCCN)C(O)[C@@H](O)[C@H]1O. The molecule has 0 aromatic heterocycles. The number of carbonyl (C=O) groups is 1. The molecule has 0 aromatic rings. The zero-order valence-corrected chi connectivity index (χ0v) is 13.0. The number of nitrogens with one attached hydrogen (secondary N) is 1. The molecule has 2 unspecified atom stereocenters. The fraction of sp³-hybridized carbons (Fsp3) is 0.929. The summed E-state index contributed by atoms with van der Waals surface area (Å²) in [6, 6.07) is 0. The summed E-state index contributed by atoms with van der Waals surface area (Å²) in [4.78, 5) is 11.3. The van der Waals surface area contributed by atoms with E-state index in [0.29, 0.717) is 32.5 Å². The first-order valence-electron chi connectivity index (χ1n) is 7.75. The van der Waals surface area contributed by atoms with E-state index >= 15 is 0 Å². The predicted octanol–water partition coefficient (Wildman–Crippen LogP) is -1.53. The predicted molar refractivity (Wildman–Crippen MR) is 78.8 cm³/mol. The lowest BCUT2D eigenvalue weighted by atomic mass is 10.0. The van der Waals surface area contributed by atoms with Crippen LogP contribution in [0.1, 0.15) is 32.6 Å². The van der Waals surface area contributed by atoms with E-state index in [1.807, 2.05) is 0 Å². The number of rotatable bonds is 9. The molecular formula is C14H28N2O6. The molecule has 5 atom stereocenters. The molecule has 0 aliphatic carbocycles. The molecule has 130 valence electrons. The van der Waals surface area contributed by atoms with Crippen molar-refractivity contribution in [3.63, 3.8) is 0 Å². The second-order valence-electron chi connectivity index (χ2n) is 5.50. The maximum absolute atomic E-state index is 11.3. The van der Waals surface area contributed by atoms with Crippen LogP contribution in [-0.4, -0.2) is 71.6 Å². The Hall–Kier alpha value is -0.770. The maximum Gasteiger partial charge on any atom is 0.220 e. The van der Waals surface area contributed by atoms with Gasteiger partial charge < -0.3 is 35.8 Å². The van der Waals surface area contributed by atoms with Gasteiger partial charge >= 0.3 is 0 Å². The van der Waals surface area contributed by atoms with Crippen molar-refractivity contribution in [3.05, 3.63) is 0 Å². The number of aliphatic hydroxyl groups is 3. The number of nitrogens with two attached hydrogens (primary N) is 1. The van der Waals surface area contributed by atoms with E-state index in [1.54, 1.807) is 6.92 Å². The highest BCUT2D eigenvalue weighted by atomic mass is 16.7. The van der Waals surface area contributed by atoms with Crippen molar-refractivity contribution in [2.75, 3.05) is 19.7 Å². The van der Waals surface area contributed by atoms with E-state index in [2.05, 4.69) is 5.32 Å². The second kappa shape index (κ2) is 10.1. The summed E-state index contributed by atoms with van der Waals surface area (Å²) in [6.45, 7) is 2.88. The van der Waals surface area contributed by atoms with E-state index in [9.17, 15) is 20.1 Å². The van der Waals surface area contributed by atoms with Gasteiger partial charge in [0.05, 0.1) is 6.10 Å². The van der Waals surface area contributed by atoms with Gasteiger partial charge in [-0.1, -0.05) is 6.42 Å². The Morgan fingerprint density at radius 2 is 1.91 bits per heavy atom. The van der Waals surface area contributed by atoms with E-state index in [-0.39, 0.29) is 5.91 Å². The number of carbonyl (C=O) groups excluding carboxylic acids is 1. The van der Waals surface area contributed by atoms with Crippen molar-refractivity contribution in [2.45, 2.75) is 63.3 Å². The van der Waals surface area contributed by atoms with Crippen LogP contribution in [-0.2, 0) is 14.3 Å². The number of hydrogen-bond donors (Lipinski definition) is 5. The molecule has 1 rings (SSSR count). The Labute approximate surface area is 130 Å². The van der Waals surface area contributed by atoms with Crippen LogP contribution in [0.5, 0.6) is 0 Å². The average Bonchev–Trinajstić information content (AvgIpc) is 2.51. The molecule has 1 heterocycles. The highest BCUT2D eigenvalue weighted by Gasteiger charge is 2.42. The molecule has 1 amide bonds. The van der Waals surface area contributed by atoms with Crippen LogP contribution in [0.4, 0.5) is 0 Å². The molecule has 1 fully saturated rings. The van der Waals surface area contributed by atoms with Gasteiger partial charge in [-0.25, -0.2) is 0 Å². The van der Waals surface area contributed by atoms with Gasteiger partial charge in [0.15, 0.2) is 6.29 Å². The van der Waals surface area contributed by atoms with E-state index in [0.717, 1.165) is 12.8 Å². The van der Waals surface area contributed by atoms with Crippen LogP contribution in [0.25, 0.3) is 0 Å². The average molecular weight is 320 g/mol. The summed E-state index contributed by atoms with van der Waals surface area (Å²) in [5.74, 6) is -0.0108. The molecular weight excluding hydrogens is 292 g/mol. The van der Waals surface area contributed by atoms with Crippen molar-refractivity contribution >= 4 is 5.91 Å². The van der Waals surface area contributed by atoms with Crippen molar-refractivity contribution in [2.24, 2.45) is 5.73 Å². The van der Waals surface area contributed by atoms with Gasteiger partial charge in [-0.15, -0.1) is 0 Å². The largest absolute Gasteiger partial charge is 0.388 e. The summed E-state index contributed by atoms with van der Waals surface area (Å²) in [5.41, 5.74) is 5.28. The first-order chi connectivity index (χ1) is 10.5. The van der Waals surface area contributed by atoms with Gasteiger partial charge in [0.1, 0.15) is 18.3 Å². The van der Waals surface area contributed by atoms with Gasteiger partial charge in [-0.05, 0) is 19.8 Å². The molecule has 0 saturated carbocycles. The molecule has 6 N–H and O–H groups in total. The highest BCUT2D eigenvalue weighted by Crippen LogP contribution is 2.21. The van der Waals surface area contributed by atoms with Gasteiger partial charge in [0.2, 0.25) is 5.91 Å². The second-order valence-corrected chi connectivity index (χ2v) is 5.50. The van der Waals surface area contributed by atoms with Crippen molar-refractivity contribution in [3.8, 4) is 0 Å². The minimum atomic E-state index is -1.28. The standard InChI is InChI=1S/C14H28N2O6/c1-9-11(18)12(19)13(20)14(22-9)21-8-4-2-3-5-10(17)16-7-6-15/h9,11-14,18-20H,2-8,15H2,1H3,(H,16,17)/t9?,11-,12-,13?,14+/m0/s1. The van der Waals surface area contributed by atoms with Crippen molar-refractivity contribution < 1.29 is 29.6 Å².